The van der Waals surface area contributed by atoms with Gasteiger partial charge in [0.1, 0.15) is 5.82 Å². The molecule has 0 aliphatic carbocycles. The van der Waals surface area contributed by atoms with E-state index in [-0.39, 0.29) is 18.8 Å². The number of methoxy groups -OCH3 is 1. The zero-order chi connectivity index (χ0) is 12.1. The monoisotopic (exact) mass is 245 g/mol. The molecule has 0 heterocycles. The van der Waals surface area contributed by atoms with E-state index in [1.54, 1.807) is 0 Å². The zero-order valence-corrected chi connectivity index (χ0v) is 9.63. The lowest BCUT2D eigenvalue weighted by atomic mass is 10.0. The summed E-state index contributed by atoms with van der Waals surface area (Å²) in [5, 5.41) is 0.301. The first-order valence-corrected chi connectivity index (χ1v) is 5.13. The fourth-order valence-corrected chi connectivity index (χ4v) is 1.42. The minimum atomic E-state index is -0.722. The number of nitrogens with two attached hydrogens (primary N) is 1. The molecule has 0 radical (unpaired) electrons. The molecule has 1 rings (SSSR count). The van der Waals surface area contributed by atoms with Crippen LogP contribution in [0.3, 0.4) is 0 Å². The van der Waals surface area contributed by atoms with E-state index in [0.29, 0.717) is 10.6 Å². The Hall–Kier alpha value is -0.970. The zero-order valence-electron chi connectivity index (χ0n) is 8.87. The summed E-state index contributed by atoms with van der Waals surface area (Å²) in [6.07, 6.45) is -0.0481. The second-order valence-electron chi connectivity index (χ2n) is 3.44. The molecule has 16 heavy (non-hydrogen) atoms. The second kappa shape index (κ2) is 5.94. The molecule has 0 aromatic heterocycles. The number of carbonyl (C=O) groups is 1. The summed E-state index contributed by atoms with van der Waals surface area (Å²) in [6.45, 7) is 0.133. The average molecular weight is 246 g/mol. The van der Waals surface area contributed by atoms with Crippen LogP contribution in [-0.4, -0.2) is 25.5 Å². The molecule has 2 N–H and O–H groups in total. The van der Waals surface area contributed by atoms with Crippen LogP contribution >= 0.6 is 11.6 Å². The molecule has 0 spiro atoms. The van der Waals surface area contributed by atoms with Gasteiger partial charge in [0, 0.05) is 18.6 Å². The summed E-state index contributed by atoms with van der Waals surface area (Å²) >= 11 is 5.60. The van der Waals surface area contributed by atoms with Crippen molar-refractivity contribution in [3.63, 3.8) is 0 Å². The maximum absolute atomic E-state index is 13.4. The van der Waals surface area contributed by atoms with E-state index in [4.69, 9.17) is 22.1 Å². The molecule has 1 atom stereocenters. The van der Waals surface area contributed by atoms with Crippen molar-refractivity contribution in [2.75, 3.05) is 13.7 Å². The summed E-state index contributed by atoms with van der Waals surface area (Å²) in [4.78, 5) is 11.5. The van der Waals surface area contributed by atoms with Crippen molar-refractivity contribution in [2.24, 2.45) is 5.73 Å². The van der Waals surface area contributed by atoms with Crippen LogP contribution in [0.15, 0.2) is 18.2 Å². The second-order valence-corrected chi connectivity index (χ2v) is 3.88. The van der Waals surface area contributed by atoms with Gasteiger partial charge < -0.3 is 10.5 Å². The SMILES string of the molecule is COCC(N)C(=O)Cc1ccc(Cl)cc1F. The molecule has 3 nitrogen and oxygen atoms in total. The van der Waals surface area contributed by atoms with Gasteiger partial charge >= 0.3 is 0 Å². The number of halogens is 2. The molecule has 1 aromatic rings. The van der Waals surface area contributed by atoms with Crippen molar-refractivity contribution in [3.8, 4) is 0 Å². The van der Waals surface area contributed by atoms with Crippen molar-refractivity contribution in [2.45, 2.75) is 12.5 Å². The molecule has 0 aliphatic rings. The lowest BCUT2D eigenvalue weighted by molar-refractivity contribution is -0.120. The Balaban J connectivity index is 2.69. The number of benzene rings is 1. The maximum Gasteiger partial charge on any atom is 0.156 e. The van der Waals surface area contributed by atoms with E-state index in [9.17, 15) is 9.18 Å². The molecule has 5 heteroatoms. The molecular weight excluding hydrogens is 233 g/mol. The van der Waals surface area contributed by atoms with Crippen molar-refractivity contribution >= 4 is 17.4 Å². The minimum absolute atomic E-state index is 0.0481. The third-order valence-corrected chi connectivity index (χ3v) is 2.37. The highest BCUT2D eigenvalue weighted by atomic mass is 35.5. The van der Waals surface area contributed by atoms with Gasteiger partial charge in [0.05, 0.1) is 12.6 Å². The van der Waals surface area contributed by atoms with Gasteiger partial charge in [0.15, 0.2) is 5.78 Å². The highest BCUT2D eigenvalue weighted by Crippen LogP contribution is 2.15. The predicted octanol–water partition coefficient (Wildman–Crippen LogP) is 1.56. The number of hydrogen-bond acceptors (Lipinski definition) is 3. The first-order valence-electron chi connectivity index (χ1n) is 4.75. The fourth-order valence-electron chi connectivity index (χ4n) is 1.26. The smallest absolute Gasteiger partial charge is 0.156 e. The standard InChI is InChI=1S/C11H13ClFNO2/c1-16-6-10(14)11(15)4-7-2-3-8(12)5-9(7)13/h2-3,5,10H,4,6,14H2,1H3. The van der Waals surface area contributed by atoms with Crippen LogP contribution in [0.2, 0.25) is 5.02 Å². The van der Waals surface area contributed by atoms with E-state index in [0.717, 1.165) is 0 Å². The molecule has 0 amide bonds. The van der Waals surface area contributed by atoms with Gasteiger partial charge in [-0.05, 0) is 17.7 Å². The predicted molar refractivity (Wildman–Crippen MR) is 60.0 cm³/mol. The molecular formula is C11H13ClFNO2. The molecule has 1 aromatic carbocycles. The van der Waals surface area contributed by atoms with Gasteiger partial charge in [0.2, 0.25) is 0 Å². The van der Waals surface area contributed by atoms with Gasteiger partial charge in [-0.2, -0.15) is 0 Å². The maximum atomic E-state index is 13.4. The molecule has 0 bridgehead atoms. The number of carbonyl (C=O) groups excluding carboxylic acids is 1. The molecule has 0 fully saturated rings. The largest absolute Gasteiger partial charge is 0.383 e. The Morgan fingerprint density at radius 2 is 2.31 bits per heavy atom. The van der Waals surface area contributed by atoms with Gasteiger partial charge in [0.25, 0.3) is 0 Å². The van der Waals surface area contributed by atoms with Crippen molar-refractivity contribution in [1.29, 1.82) is 0 Å². The van der Waals surface area contributed by atoms with E-state index in [2.05, 4.69) is 0 Å². The van der Waals surface area contributed by atoms with Gasteiger partial charge in [-0.15, -0.1) is 0 Å². The van der Waals surface area contributed by atoms with Crippen LogP contribution in [-0.2, 0) is 16.0 Å². The Morgan fingerprint density at radius 3 is 2.88 bits per heavy atom. The molecule has 0 saturated heterocycles. The normalized spacial score (nSPS) is 12.5. The van der Waals surface area contributed by atoms with E-state index >= 15 is 0 Å². The first-order chi connectivity index (χ1) is 7.54. The topological polar surface area (TPSA) is 52.3 Å². The van der Waals surface area contributed by atoms with Crippen molar-refractivity contribution < 1.29 is 13.9 Å². The third kappa shape index (κ3) is 3.56. The highest BCUT2D eigenvalue weighted by Gasteiger charge is 2.15. The quantitative estimate of drug-likeness (QED) is 0.857. The van der Waals surface area contributed by atoms with Crippen LogP contribution in [0, 0.1) is 5.82 Å². The van der Waals surface area contributed by atoms with Crippen LogP contribution in [0.25, 0.3) is 0 Å². The average Bonchev–Trinajstić information content (AvgIpc) is 2.22. The van der Waals surface area contributed by atoms with Crippen molar-refractivity contribution in [3.05, 3.63) is 34.6 Å². The Morgan fingerprint density at radius 1 is 1.62 bits per heavy atom. The molecule has 0 aliphatic heterocycles. The summed E-state index contributed by atoms with van der Waals surface area (Å²) in [5.41, 5.74) is 5.83. The van der Waals surface area contributed by atoms with Gasteiger partial charge in [-0.25, -0.2) is 4.39 Å². The summed E-state index contributed by atoms with van der Waals surface area (Å²) in [6, 6.07) is 3.47. The summed E-state index contributed by atoms with van der Waals surface area (Å²) in [5.74, 6) is -0.756. The summed E-state index contributed by atoms with van der Waals surface area (Å²) in [7, 11) is 1.45. The van der Waals surface area contributed by atoms with Crippen LogP contribution < -0.4 is 5.73 Å². The lowest BCUT2D eigenvalue weighted by Crippen LogP contribution is -2.36. The summed E-state index contributed by atoms with van der Waals surface area (Å²) < 4.78 is 18.1. The lowest BCUT2D eigenvalue weighted by Gasteiger charge is -2.09. The van der Waals surface area contributed by atoms with Gasteiger partial charge in [-0.3, -0.25) is 4.79 Å². The van der Waals surface area contributed by atoms with Crippen LogP contribution in [0.1, 0.15) is 5.56 Å². The fraction of sp³-hybridized carbons (Fsp3) is 0.364. The number of ether oxygens (including phenoxy) is 1. The highest BCUT2D eigenvalue weighted by molar-refractivity contribution is 6.30. The number of ketones is 1. The molecule has 0 saturated carbocycles. The molecule has 1 unspecified atom stereocenters. The van der Waals surface area contributed by atoms with Crippen LogP contribution in [0.4, 0.5) is 4.39 Å². The Labute approximate surface area is 98.3 Å². The Bertz CT molecular complexity index is 384. The minimum Gasteiger partial charge on any atom is -0.383 e. The third-order valence-electron chi connectivity index (χ3n) is 2.14. The van der Waals surface area contributed by atoms with E-state index < -0.39 is 11.9 Å². The van der Waals surface area contributed by atoms with Gasteiger partial charge in [-0.1, -0.05) is 17.7 Å². The number of hydrogen-bond donors (Lipinski definition) is 1. The van der Waals surface area contributed by atoms with Crippen LogP contribution in [0.5, 0.6) is 0 Å². The van der Waals surface area contributed by atoms with Crippen molar-refractivity contribution in [1.82, 2.24) is 0 Å². The Kier molecular flexibility index (Phi) is 4.86. The first kappa shape index (κ1) is 13.1. The number of Topliss-reactive ketones (excluding diaryl/α,β-unsaturated/α-hetero) is 1. The van der Waals surface area contributed by atoms with E-state index in [1.807, 2.05) is 0 Å². The van der Waals surface area contributed by atoms with E-state index in [1.165, 1.54) is 25.3 Å². The number of rotatable bonds is 5. The molecule has 88 valence electrons.